The maximum atomic E-state index is 13.7. The zero-order valence-electron chi connectivity index (χ0n) is 11.7. The predicted octanol–water partition coefficient (Wildman–Crippen LogP) is 2.44. The highest BCUT2D eigenvalue weighted by Crippen LogP contribution is 2.25. The molecule has 4 heteroatoms. The maximum absolute atomic E-state index is 13.7. The monoisotopic (exact) mass is 268 g/mol. The summed E-state index contributed by atoms with van der Waals surface area (Å²) in [7, 11) is 0. The molecule has 0 amide bonds. The number of nitrogens with zero attached hydrogens (tertiary/aromatic N) is 1. The van der Waals surface area contributed by atoms with E-state index in [-0.39, 0.29) is 5.41 Å². The van der Waals surface area contributed by atoms with Crippen LogP contribution in [0.3, 0.4) is 0 Å². The number of rotatable bonds is 4. The summed E-state index contributed by atoms with van der Waals surface area (Å²) in [4.78, 5) is 2.40. The molecule has 0 aliphatic carbocycles. The van der Waals surface area contributed by atoms with Crippen LogP contribution >= 0.6 is 0 Å². The average molecular weight is 268 g/mol. The minimum atomic E-state index is -0.513. The maximum Gasteiger partial charge on any atom is 0.129 e. The highest BCUT2D eigenvalue weighted by Gasteiger charge is 2.24. The van der Waals surface area contributed by atoms with E-state index in [0.29, 0.717) is 12.0 Å². The topological polar surface area (TPSA) is 15.3 Å². The van der Waals surface area contributed by atoms with Crippen LogP contribution in [0.25, 0.3) is 0 Å². The van der Waals surface area contributed by atoms with Crippen LogP contribution in [-0.2, 0) is 6.42 Å². The van der Waals surface area contributed by atoms with Crippen molar-refractivity contribution < 1.29 is 8.78 Å². The number of piperazine rings is 1. The lowest BCUT2D eigenvalue weighted by Gasteiger charge is -2.35. The van der Waals surface area contributed by atoms with Crippen molar-refractivity contribution in [1.29, 1.82) is 0 Å². The van der Waals surface area contributed by atoms with Crippen LogP contribution in [0.15, 0.2) is 18.2 Å². The van der Waals surface area contributed by atoms with Gasteiger partial charge in [-0.05, 0) is 23.5 Å². The SMILES string of the molecule is CC(C)(Cc1ccc(F)cc1F)CN1CCNCC1. The molecule has 1 saturated heterocycles. The molecule has 1 aromatic carbocycles. The van der Waals surface area contributed by atoms with Crippen molar-refractivity contribution in [1.82, 2.24) is 10.2 Å². The Balaban J connectivity index is 1.99. The third kappa shape index (κ3) is 4.25. The van der Waals surface area contributed by atoms with Gasteiger partial charge in [0.25, 0.3) is 0 Å². The fourth-order valence-corrected chi connectivity index (χ4v) is 2.71. The van der Waals surface area contributed by atoms with E-state index in [4.69, 9.17) is 0 Å². The van der Waals surface area contributed by atoms with Crippen LogP contribution < -0.4 is 5.32 Å². The third-order valence-corrected chi connectivity index (χ3v) is 3.55. The van der Waals surface area contributed by atoms with Gasteiger partial charge in [0.15, 0.2) is 0 Å². The van der Waals surface area contributed by atoms with E-state index in [2.05, 4.69) is 24.1 Å². The molecular weight excluding hydrogens is 246 g/mol. The van der Waals surface area contributed by atoms with Gasteiger partial charge in [-0.2, -0.15) is 0 Å². The molecule has 106 valence electrons. The minimum Gasteiger partial charge on any atom is -0.314 e. The number of hydrogen-bond acceptors (Lipinski definition) is 2. The van der Waals surface area contributed by atoms with Crippen molar-refractivity contribution >= 4 is 0 Å². The quantitative estimate of drug-likeness (QED) is 0.902. The van der Waals surface area contributed by atoms with Crippen LogP contribution in [0, 0.1) is 17.0 Å². The van der Waals surface area contributed by atoms with Gasteiger partial charge in [-0.15, -0.1) is 0 Å². The molecule has 0 radical (unpaired) electrons. The Morgan fingerprint density at radius 3 is 2.53 bits per heavy atom. The first-order chi connectivity index (χ1) is 8.96. The summed E-state index contributed by atoms with van der Waals surface area (Å²) in [5, 5.41) is 3.32. The lowest BCUT2D eigenvalue weighted by Crippen LogP contribution is -2.47. The molecule has 1 N–H and O–H groups in total. The second-order valence-electron chi connectivity index (χ2n) is 6.10. The molecule has 0 saturated carbocycles. The van der Waals surface area contributed by atoms with Crippen molar-refractivity contribution in [3.8, 4) is 0 Å². The molecule has 0 spiro atoms. The molecule has 1 heterocycles. The molecule has 0 aromatic heterocycles. The third-order valence-electron chi connectivity index (χ3n) is 3.55. The molecule has 19 heavy (non-hydrogen) atoms. The lowest BCUT2D eigenvalue weighted by molar-refractivity contribution is 0.159. The first-order valence-electron chi connectivity index (χ1n) is 6.83. The smallest absolute Gasteiger partial charge is 0.129 e. The highest BCUT2D eigenvalue weighted by molar-refractivity contribution is 5.20. The molecule has 1 aromatic rings. The Bertz CT molecular complexity index is 426. The first kappa shape index (κ1) is 14.4. The molecule has 2 nitrogen and oxygen atoms in total. The standard InChI is InChI=1S/C15H22F2N2/c1-15(2,11-19-7-5-18-6-8-19)10-12-3-4-13(16)9-14(12)17/h3-4,9,18H,5-8,10-11H2,1-2H3. The molecule has 1 aliphatic rings. The van der Waals surface area contributed by atoms with E-state index >= 15 is 0 Å². The molecular formula is C15H22F2N2. The van der Waals surface area contributed by atoms with Crippen molar-refractivity contribution in [2.24, 2.45) is 5.41 Å². The fraction of sp³-hybridized carbons (Fsp3) is 0.600. The second-order valence-corrected chi connectivity index (χ2v) is 6.10. The summed E-state index contributed by atoms with van der Waals surface area (Å²) in [5.41, 5.74) is 0.581. The van der Waals surface area contributed by atoms with Crippen LogP contribution in [0.2, 0.25) is 0 Å². The largest absolute Gasteiger partial charge is 0.314 e. The second kappa shape index (κ2) is 5.97. The van der Waals surface area contributed by atoms with E-state index in [1.165, 1.54) is 6.07 Å². The van der Waals surface area contributed by atoms with E-state index in [1.807, 2.05) is 0 Å². The van der Waals surface area contributed by atoms with Crippen LogP contribution in [-0.4, -0.2) is 37.6 Å². The summed E-state index contributed by atoms with van der Waals surface area (Å²) in [5.74, 6) is -0.949. The number of halogens is 2. The molecule has 1 aliphatic heterocycles. The van der Waals surface area contributed by atoms with Gasteiger partial charge in [0.05, 0.1) is 0 Å². The summed E-state index contributed by atoms with van der Waals surface area (Å²) < 4.78 is 26.6. The summed E-state index contributed by atoms with van der Waals surface area (Å²) in [6.45, 7) is 9.31. The van der Waals surface area contributed by atoms with Crippen molar-refractivity contribution in [3.63, 3.8) is 0 Å². The minimum absolute atomic E-state index is 0.0178. The molecule has 0 atom stereocenters. The van der Waals surface area contributed by atoms with E-state index in [1.54, 1.807) is 6.07 Å². The highest BCUT2D eigenvalue weighted by atomic mass is 19.1. The van der Waals surface area contributed by atoms with Gasteiger partial charge in [-0.1, -0.05) is 19.9 Å². The Labute approximate surface area is 113 Å². The zero-order valence-corrected chi connectivity index (χ0v) is 11.7. The summed E-state index contributed by atoms with van der Waals surface area (Å²) in [6, 6.07) is 3.86. The van der Waals surface area contributed by atoms with Gasteiger partial charge in [-0.25, -0.2) is 8.78 Å². The number of nitrogens with one attached hydrogen (secondary N) is 1. The van der Waals surface area contributed by atoms with Gasteiger partial charge < -0.3 is 10.2 Å². The van der Waals surface area contributed by atoms with Gasteiger partial charge in [-0.3, -0.25) is 0 Å². The molecule has 0 unspecified atom stereocenters. The Morgan fingerprint density at radius 1 is 1.21 bits per heavy atom. The number of hydrogen-bond donors (Lipinski definition) is 1. The van der Waals surface area contributed by atoms with E-state index < -0.39 is 11.6 Å². The van der Waals surface area contributed by atoms with Crippen LogP contribution in [0.1, 0.15) is 19.4 Å². The fourth-order valence-electron chi connectivity index (χ4n) is 2.71. The normalized spacial score (nSPS) is 17.7. The Hall–Kier alpha value is -1.00. The summed E-state index contributed by atoms with van der Waals surface area (Å²) in [6.07, 6.45) is 0.628. The Kier molecular flexibility index (Phi) is 4.53. The van der Waals surface area contributed by atoms with E-state index in [9.17, 15) is 8.78 Å². The molecule has 0 bridgehead atoms. The average Bonchev–Trinajstić information content (AvgIpc) is 2.33. The van der Waals surface area contributed by atoms with Gasteiger partial charge in [0.2, 0.25) is 0 Å². The number of benzene rings is 1. The van der Waals surface area contributed by atoms with Crippen LogP contribution in [0.5, 0.6) is 0 Å². The Morgan fingerprint density at radius 2 is 1.89 bits per heavy atom. The predicted molar refractivity (Wildman–Crippen MR) is 73.2 cm³/mol. The van der Waals surface area contributed by atoms with Gasteiger partial charge >= 0.3 is 0 Å². The van der Waals surface area contributed by atoms with Crippen molar-refractivity contribution in [2.45, 2.75) is 20.3 Å². The first-order valence-corrected chi connectivity index (χ1v) is 6.83. The van der Waals surface area contributed by atoms with Gasteiger partial charge in [0.1, 0.15) is 11.6 Å². The van der Waals surface area contributed by atoms with E-state index in [0.717, 1.165) is 38.8 Å². The lowest BCUT2D eigenvalue weighted by atomic mass is 9.85. The van der Waals surface area contributed by atoms with Crippen LogP contribution in [0.4, 0.5) is 8.78 Å². The molecule has 1 fully saturated rings. The van der Waals surface area contributed by atoms with Crippen molar-refractivity contribution in [3.05, 3.63) is 35.4 Å². The van der Waals surface area contributed by atoms with Gasteiger partial charge in [0, 0.05) is 38.8 Å². The summed E-state index contributed by atoms with van der Waals surface area (Å²) >= 11 is 0. The van der Waals surface area contributed by atoms with Crippen molar-refractivity contribution in [2.75, 3.05) is 32.7 Å². The zero-order chi connectivity index (χ0) is 13.9. The molecule has 2 rings (SSSR count).